The van der Waals surface area contributed by atoms with Gasteiger partial charge in [0.05, 0.1) is 24.8 Å². The minimum Gasteiger partial charge on any atom is -0.465 e. The van der Waals surface area contributed by atoms with E-state index < -0.39 is 12.1 Å². The molecule has 0 unspecified atom stereocenters. The van der Waals surface area contributed by atoms with Crippen LogP contribution in [0, 0.1) is 11.8 Å². The van der Waals surface area contributed by atoms with E-state index in [-0.39, 0.29) is 29.8 Å². The summed E-state index contributed by atoms with van der Waals surface area (Å²) in [6.07, 6.45) is 0.752. The molecule has 0 atom stereocenters. The van der Waals surface area contributed by atoms with Crippen molar-refractivity contribution in [1.29, 1.82) is 0 Å². The molecule has 0 spiro atoms. The van der Waals surface area contributed by atoms with Crippen LogP contribution in [0.5, 0.6) is 0 Å². The van der Waals surface area contributed by atoms with Gasteiger partial charge in [-0.1, -0.05) is 72.0 Å². The first-order chi connectivity index (χ1) is 15.6. The average Bonchev–Trinajstić information content (AvgIpc) is 3.14. The van der Waals surface area contributed by atoms with E-state index in [2.05, 4.69) is 51.1 Å². The topological polar surface area (TPSA) is 77.5 Å². The van der Waals surface area contributed by atoms with Crippen molar-refractivity contribution in [3.63, 3.8) is 0 Å². The summed E-state index contributed by atoms with van der Waals surface area (Å²) in [6.45, 7) is 0.277. The lowest BCUT2D eigenvalue weighted by atomic mass is 9.98. The Bertz CT molecular complexity index is 1200. The number of carbonyl (C=O) groups excluding carboxylic acids is 2. The molecule has 0 saturated carbocycles. The van der Waals surface area contributed by atoms with Crippen LogP contribution in [-0.2, 0) is 9.47 Å². The van der Waals surface area contributed by atoms with E-state index in [0.29, 0.717) is 5.56 Å². The molecule has 0 saturated heterocycles. The number of fused-ring (bicyclic) bond motifs is 3. The number of alkyl carbamates (subject to hydrolysis) is 1. The minimum atomic E-state index is -0.561. The van der Waals surface area contributed by atoms with Crippen molar-refractivity contribution in [2.24, 2.45) is 0 Å². The molecule has 3 aromatic rings. The van der Waals surface area contributed by atoms with E-state index in [1.54, 1.807) is 0 Å². The zero-order chi connectivity index (χ0) is 22.5. The largest absolute Gasteiger partial charge is 0.465 e. The number of hydrogen-bond donors (Lipinski definition) is 1. The van der Waals surface area contributed by atoms with Gasteiger partial charge in [-0.3, -0.25) is 0 Å². The maximum atomic E-state index is 12.2. The molecule has 7 heteroatoms. The van der Waals surface area contributed by atoms with Gasteiger partial charge in [-0.2, -0.15) is 0 Å². The number of halogens is 1. The predicted octanol–water partition coefficient (Wildman–Crippen LogP) is 4.41. The molecule has 1 aromatic heterocycles. The molecule has 1 N–H and O–H groups in total. The van der Waals surface area contributed by atoms with Crippen LogP contribution in [0.2, 0.25) is 5.15 Å². The molecule has 1 amide bonds. The van der Waals surface area contributed by atoms with Crippen molar-refractivity contribution >= 4 is 23.7 Å². The van der Waals surface area contributed by atoms with Gasteiger partial charge in [-0.15, -0.1) is 0 Å². The highest BCUT2D eigenvalue weighted by Gasteiger charge is 2.28. The Morgan fingerprint density at radius 2 is 1.75 bits per heavy atom. The molecule has 2 aromatic carbocycles. The molecule has 6 nitrogen and oxygen atoms in total. The predicted molar refractivity (Wildman–Crippen MR) is 121 cm³/mol. The lowest BCUT2D eigenvalue weighted by Gasteiger charge is -2.14. The third-order valence-electron chi connectivity index (χ3n) is 5.15. The molecular weight excluding hydrogens is 428 g/mol. The van der Waals surface area contributed by atoms with Crippen LogP contribution >= 0.6 is 11.6 Å². The second-order valence-electron chi connectivity index (χ2n) is 7.03. The SMILES string of the molecule is COC(=O)c1cnc(Cl)c(C#CCNC(=O)OCC2c3ccccc3-c3ccccc32)c1. The number of pyridine rings is 1. The van der Waals surface area contributed by atoms with E-state index in [0.717, 1.165) is 11.1 Å². The third kappa shape index (κ3) is 4.43. The Labute approximate surface area is 190 Å². The Morgan fingerprint density at radius 3 is 2.41 bits per heavy atom. The molecule has 1 aliphatic rings. The number of hydrogen-bond acceptors (Lipinski definition) is 5. The number of methoxy groups -OCH3 is 1. The van der Waals surface area contributed by atoms with E-state index in [9.17, 15) is 9.59 Å². The van der Waals surface area contributed by atoms with Gasteiger partial charge < -0.3 is 14.8 Å². The Balaban J connectivity index is 1.35. The van der Waals surface area contributed by atoms with Crippen molar-refractivity contribution in [2.45, 2.75) is 5.92 Å². The number of rotatable bonds is 4. The molecule has 0 aliphatic heterocycles. The summed E-state index contributed by atoms with van der Waals surface area (Å²) in [7, 11) is 1.28. The quantitative estimate of drug-likeness (QED) is 0.365. The summed E-state index contributed by atoms with van der Waals surface area (Å²) < 4.78 is 10.1. The smallest absolute Gasteiger partial charge is 0.407 e. The van der Waals surface area contributed by atoms with E-state index in [1.807, 2.05) is 24.3 Å². The summed E-state index contributed by atoms with van der Waals surface area (Å²) in [5.74, 6) is 5.02. The summed E-state index contributed by atoms with van der Waals surface area (Å²) in [4.78, 5) is 27.7. The van der Waals surface area contributed by atoms with Crippen LogP contribution in [0.15, 0.2) is 60.8 Å². The maximum absolute atomic E-state index is 12.2. The standard InChI is InChI=1S/C25H19ClN2O4/c1-31-24(29)17-13-16(23(26)28-14-17)7-6-12-27-25(30)32-15-22-20-10-4-2-8-18(20)19-9-3-5-11-21(19)22/h2-5,8-11,13-14,22H,12,15H2,1H3,(H,27,30). The maximum Gasteiger partial charge on any atom is 0.407 e. The fourth-order valence-corrected chi connectivity index (χ4v) is 3.82. The molecule has 32 heavy (non-hydrogen) atoms. The highest BCUT2D eigenvalue weighted by molar-refractivity contribution is 6.30. The highest BCUT2D eigenvalue weighted by atomic mass is 35.5. The molecule has 4 rings (SSSR count). The van der Waals surface area contributed by atoms with Crippen molar-refractivity contribution in [3.05, 3.63) is 88.2 Å². The number of aromatic nitrogens is 1. The van der Waals surface area contributed by atoms with Crippen LogP contribution in [0.4, 0.5) is 4.79 Å². The minimum absolute atomic E-state index is 0.00910. The van der Waals surface area contributed by atoms with Crippen molar-refractivity contribution in [3.8, 4) is 23.0 Å². The van der Waals surface area contributed by atoms with Crippen LogP contribution in [0.3, 0.4) is 0 Å². The zero-order valence-corrected chi connectivity index (χ0v) is 18.0. The van der Waals surface area contributed by atoms with Crippen molar-refractivity contribution in [2.75, 3.05) is 20.3 Å². The third-order valence-corrected chi connectivity index (χ3v) is 5.45. The van der Waals surface area contributed by atoms with Crippen molar-refractivity contribution in [1.82, 2.24) is 10.3 Å². The van der Waals surface area contributed by atoms with Gasteiger partial charge in [-0.05, 0) is 28.3 Å². The van der Waals surface area contributed by atoms with E-state index in [4.69, 9.17) is 16.3 Å². The second-order valence-corrected chi connectivity index (χ2v) is 7.39. The molecular formula is C25H19ClN2O4. The lowest BCUT2D eigenvalue weighted by molar-refractivity contribution is 0.0600. The first-order valence-electron chi connectivity index (χ1n) is 9.90. The number of benzene rings is 2. The first-order valence-corrected chi connectivity index (χ1v) is 10.3. The van der Waals surface area contributed by atoms with Crippen LogP contribution in [0.1, 0.15) is 33.0 Å². The summed E-state index contributed by atoms with van der Waals surface area (Å²) in [6, 6.07) is 17.8. The fraction of sp³-hybridized carbons (Fsp3) is 0.160. The first kappa shape index (κ1) is 21.4. The van der Waals surface area contributed by atoms with Gasteiger partial charge in [0.2, 0.25) is 0 Å². The number of amides is 1. The number of carbonyl (C=O) groups is 2. The van der Waals surface area contributed by atoms with Gasteiger partial charge in [0, 0.05) is 12.1 Å². The van der Waals surface area contributed by atoms with Crippen LogP contribution < -0.4 is 5.32 Å². The zero-order valence-electron chi connectivity index (χ0n) is 17.2. The molecule has 0 fully saturated rings. The van der Waals surface area contributed by atoms with Crippen LogP contribution in [0.25, 0.3) is 11.1 Å². The normalized spacial score (nSPS) is 11.6. The number of nitrogens with zero attached hydrogens (tertiary/aromatic N) is 1. The van der Waals surface area contributed by atoms with Gasteiger partial charge >= 0.3 is 12.1 Å². The van der Waals surface area contributed by atoms with E-state index >= 15 is 0 Å². The highest BCUT2D eigenvalue weighted by Crippen LogP contribution is 2.44. The van der Waals surface area contributed by atoms with Crippen molar-refractivity contribution < 1.29 is 19.1 Å². The average molecular weight is 447 g/mol. The molecule has 160 valence electrons. The Morgan fingerprint density at radius 1 is 1.09 bits per heavy atom. The summed E-state index contributed by atoms with van der Waals surface area (Å²) >= 11 is 6.01. The van der Waals surface area contributed by atoms with Gasteiger partial charge in [-0.25, -0.2) is 14.6 Å². The Kier molecular flexibility index (Phi) is 6.39. The molecule has 1 heterocycles. The molecule has 0 radical (unpaired) electrons. The van der Waals surface area contributed by atoms with Gasteiger partial charge in [0.25, 0.3) is 0 Å². The lowest BCUT2D eigenvalue weighted by Crippen LogP contribution is -2.26. The number of esters is 1. The summed E-state index contributed by atoms with van der Waals surface area (Å²) in [5.41, 5.74) is 5.24. The number of ether oxygens (including phenoxy) is 2. The second kappa shape index (κ2) is 9.54. The fourth-order valence-electron chi connectivity index (χ4n) is 3.67. The monoisotopic (exact) mass is 446 g/mol. The Hall–Kier alpha value is -3.82. The van der Waals surface area contributed by atoms with Gasteiger partial charge in [0.1, 0.15) is 11.8 Å². The summed E-state index contributed by atoms with van der Waals surface area (Å²) in [5, 5.41) is 2.76. The number of nitrogens with one attached hydrogen (secondary N) is 1. The molecule has 1 aliphatic carbocycles. The van der Waals surface area contributed by atoms with Gasteiger partial charge in [0.15, 0.2) is 0 Å². The molecule has 0 bridgehead atoms. The van der Waals surface area contributed by atoms with Crippen LogP contribution in [-0.4, -0.2) is 37.3 Å². The van der Waals surface area contributed by atoms with E-state index in [1.165, 1.54) is 30.5 Å².